The second kappa shape index (κ2) is 7.06. The maximum atomic E-state index is 11.9. The van der Waals surface area contributed by atoms with Crippen molar-refractivity contribution in [2.45, 2.75) is 0 Å². The van der Waals surface area contributed by atoms with E-state index in [1.165, 1.54) is 19.4 Å². The topological polar surface area (TPSA) is 83.7 Å². The van der Waals surface area contributed by atoms with Crippen LogP contribution in [-0.4, -0.2) is 62.3 Å². The first-order valence-electron chi connectivity index (χ1n) is 6.55. The van der Waals surface area contributed by atoms with E-state index >= 15 is 0 Å². The van der Waals surface area contributed by atoms with Gasteiger partial charge in [-0.05, 0) is 0 Å². The van der Waals surface area contributed by atoms with E-state index in [4.69, 9.17) is 9.47 Å². The molecule has 2 N–H and O–H groups in total. The number of H-pyrrole nitrogens is 1. The second-order valence-electron chi connectivity index (χ2n) is 4.49. The predicted molar refractivity (Wildman–Crippen MR) is 73.2 cm³/mol. The molecule has 0 atom stereocenters. The fraction of sp³-hybridized carbons (Fsp3) is 0.538. The number of aromatic nitrogens is 1. The van der Waals surface area contributed by atoms with Crippen LogP contribution in [0, 0.1) is 0 Å². The first-order chi connectivity index (χ1) is 9.70. The molecule has 0 unspecified atom stereocenters. The van der Waals surface area contributed by atoms with Crippen molar-refractivity contribution in [1.29, 1.82) is 0 Å². The molecule has 0 saturated carbocycles. The Hall–Kier alpha value is -1.86. The average Bonchev–Trinajstić information content (AvgIpc) is 2.48. The summed E-state index contributed by atoms with van der Waals surface area (Å²) in [5, 5.41) is 2.78. The van der Waals surface area contributed by atoms with Crippen LogP contribution in [0.2, 0.25) is 0 Å². The van der Waals surface area contributed by atoms with Gasteiger partial charge >= 0.3 is 0 Å². The zero-order valence-corrected chi connectivity index (χ0v) is 11.5. The standard InChI is InChI=1S/C13H19N3O4/c1-19-12-9-15-10(8-11(12)17)13(18)14-2-3-16-4-6-20-7-5-16/h8-9H,2-7H2,1H3,(H,14,18)(H,15,17). The van der Waals surface area contributed by atoms with Crippen LogP contribution in [0.4, 0.5) is 0 Å². The van der Waals surface area contributed by atoms with Crippen LogP contribution < -0.4 is 15.5 Å². The zero-order chi connectivity index (χ0) is 14.4. The average molecular weight is 281 g/mol. The fourth-order valence-electron chi connectivity index (χ4n) is 2.00. The van der Waals surface area contributed by atoms with Crippen LogP contribution in [0.5, 0.6) is 5.75 Å². The number of rotatable bonds is 5. The summed E-state index contributed by atoms with van der Waals surface area (Å²) in [6, 6.07) is 1.24. The number of aromatic amines is 1. The lowest BCUT2D eigenvalue weighted by Gasteiger charge is -2.26. The molecule has 2 rings (SSSR count). The van der Waals surface area contributed by atoms with Gasteiger partial charge in [0.15, 0.2) is 5.75 Å². The van der Waals surface area contributed by atoms with Crippen LogP contribution in [-0.2, 0) is 4.74 Å². The monoisotopic (exact) mass is 281 g/mol. The van der Waals surface area contributed by atoms with Gasteiger partial charge in [-0.15, -0.1) is 0 Å². The van der Waals surface area contributed by atoms with E-state index in [1.807, 2.05) is 0 Å². The number of ether oxygens (including phenoxy) is 2. The smallest absolute Gasteiger partial charge is 0.267 e. The molecule has 110 valence electrons. The predicted octanol–water partition coefficient (Wildman–Crippen LogP) is -0.554. The normalized spacial score (nSPS) is 15.8. The molecule has 0 aliphatic carbocycles. The minimum Gasteiger partial charge on any atom is -0.491 e. The van der Waals surface area contributed by atoms with Gasteiger partial charge in [-0.1, -0.05) is 0 Å². The summed E-state index contributed by atoms with van der Waals surface area (Å²) in [5.41, 5.74) is -0.0812. The number of hydrogen-bond acceptors (Lipinski definition) is 5. The third kappa shape index (κ3) is 3.82. The van der Waals surface area contributed by atoms with E-state index in [9.17, 15) is 9.59 Å². The quantitative estimate of drug-likeness (QED) is 0.756. The molecule has 0 radical (unpaired) electrons. The molecule has 0 spiro atoms. The Labute approximate surface area is 116 Å². The highest BCUT2D eigenvalue weighted by Gasteiger charge is 2.12. The van der Waals surface area contributed by atoms with Crippen molar-refractivity contribution in [2.24, 2.45) is 0 Å². The molecule has 2 heterocycles. The number of methoxy groups -OCH3 is 1. The van der Waals surface area contributed by atoms with Crippen LogP contribution >= 0.6 is 0 Å². The maximum Gasteiger partial charge on any atom is 0.267 e. The third-order valence-electron chi connectivity index (χ3n) is 3.16. The molecule has 20 heavy (non-hydrogen) atoms. The Kier molecular flexibility index (Phi) is 5.14. The summed E-state index contributed by atoms with van der Waals surface area (Å²) >= 11 is 0. The summed E-state index contributed by atoms with van der Waals surface area (Å²) in [7, 11) is 1.41. The van der Waals surface area contributed by atoms with Crippen LogP contribution in [0.15, 0.2) is 17.1 Å². The minimum atomic E-state index is -0.315. The number of nitrogens with zero attached hydrogens (tertiary/aromatic N) is 1. The first-order valence-corrected chi connectivity index (χ1v) is 6.55. The first kappa shape index (κ1) is 14.5. The van der Waals surface area contributed by atoms with Crippen molar-refractivity contribution in [3.63, 3.8) is 0 Å². The largest absolute Gasteiger partial charge is 0.491 e. The molecule has 1 fully saturated rings. The number of amides is 1. The number of morpholine rings is 1. The summed E-state index contributed by atoms with van der Waals surface area (Å²) < 4.78 is 10.1. The molecule has 1 aromatic rings. The Morgan fingerprint density at radius 1 is 1.50 bits per heavy atom. The Morgan fingerprint density at radius 3 is 2.90 bits per heavy atom. The molecule has 1 saturated heterocycles. The summed E-state index contributed by atoms with van der Waals surface area (Å²) in [5.74, 6) is -0.104. The van der Waals surface area contributed by atoms with E-state index in [0.717, 1.165) is 32.8 Å². The number of pyridine rings is 1. The van der Waals surface area contributed by atoms with Gasteiger partial charge in [-0.25, -0.2) is 0 Å². The molecular weight excluding hydrogens is 262 g/mol. The Morgan fingerprint density at radius 2 is 2.25 bits per heavy atom. The molecular formula is C13H19N3O4. The highest BCUT2D eigenvalue weighted by Crippen LogP contribution is 2.00. The van der Waals surface area contributed by atoms with Gasteiger partial charge in [0, 0.05) is 38.4 Å². The fourth-order valence-corrected chi connectivity index (χ4v) is 2.00. The molecule has 7 nitrogen and oxygen atoms in total. The van der Waals surface area contributed by atoms with Crippen molar-refractivity contribution < 1.29 is 14.3 Å². The van der Waals surface area contributed by atoms with Gasteiger partial charge in [0.25, 0.3) is 5.91 Å². The zero-order valence-electron chi connectivity index (χ0n) is 11.5. The lowest BCUT2D eigenvalue weighted by Crippen LogP contribution is -2.41. The highest BCUT2D eigenvalue weighted by molar-refractivity contribution is 5.92. The van der Waals surface area contributed by atoms with E-state index < -0.39 is 0 Å². The molecule has 1 aliphatic heterocycles. The SMILES string of the molecule is COc1c[nH]c(C(=O)NCCN2CCOCC2)cc1=O. The van der Waals surface area contributed by atoms with Crippen LogP contribution in [0.1, 0.15) is 10.5 Å². The van der Waals surface area contributed by atoms with E-state index in [2.05, 4.69) is 15.2 Å². The summed E-state index contributed by atoms with van der Waals surface area (Å²) in [6.07, 6.45) is 1.39. The van der Waals surface area contributed by atoms with Crippen molar-refractivity contribution in [3.05, 3.63) is 28.2 Å². The summed E-state index contributed by atoms with van der Waals surface area (Å²) in [4.78, 5) is 28.4. The number of hydrogen-bond donors (Lipinski definition) is 2. The molecule has 1 aliphatic rings. The van der Waals surface area contributed by atoms with Gasteiger partial charge in [0.1, 0.15) is 5.69 Å². The Balaban J connectivity index is 1.82. The van der Waals surface area contributed by atoms with Crippen molar-refractivity contribution in [2.75, 3.05) is 46.5 Å². The number of carbonyl (C=O) groups is 1. The van der Waals surface area contributed by atoms with Gasteiger partial charge in [-0.2, -0.15) is 0 Å². The van der Waals surface area contributed by atoms with Gasteiger partial charge in [-0.3, -0.25) is 14.5 Å². The molecule has 0 bridgehead atoms. The van der Waals surface area contributed by atoms with Crippen LogP contribution in [0.25, 0.3) is 0 Å². The number of nitrogens with one attached hydrogen (secondary N) is 2. The molecule has 1 aromatic heterocycles. The van der Waals surface area contributed by atoms with Crippen LogP contribution in [0.3, 0.4) is 0 Å². The molecule has 0 aromatic carbocycles. The second-order valence-corrected chi connectivity index (χ2v) is 4.49. The van der Waals surface area contributed by atoms with Crippen molar-refractivity contribution >= 4 is 5.91 Å². The lowest BCUT2D eigenvalue weighted by atomic mass is 10.3. The molecule has 7 heteroatoms. The van der Waals surface area contributed by atoms with Crippen molar-refractivity contribution in [1.82, 2.24) is 15.2 Å². The third-order valence-corrected chi connectivity index (χ3v) is 3.16. The van der Waals surface area contributed by atoms with E-state index in [0.29, 0.717) is 6.54 Å². The minimum absolute atomic E-state index is 0.190. The summed E-state index contributed by atoms with van der Waals surface area (Å²) in [6.45, 7) is 4.55. The lowest BCUT2D eigenvalue weighted by molar-refractivity contribution is 0.0383. The van der Waals surface area contributed by atoms with Gasteiger partial charge in [0.2, 0.25) is 5.43 Å². The van der Waals surface area contributed by atoms with Crippen molar-refractivity contribution in [3.8, 4) is 5.75 Å². The molecule has 1 amide bonds. The van der Waals surface area contributed by atoms with E-state index in [1.54, 1.807) is 0 Å². The Bertz CT molecular complexity index is 509. The maximum absolute atomic E-state index is 11.9. The highest BCUT2D eigenvalue weighted by atomic mass is 16.5. The van der Waals surface area contributed by atoms with E-state index in [-0.39, 0.29) is 22.8 Å². The number of carbonyl (C=O) groups excluding carboxylic acids is 1. The van der Waals surface area contributed by atoms with Gasteiger partial charge < -0.3 is 19.8 Å². The van der Waals surface area contributed by atoms with Gasteiger partial charge in [0.05, 0.1) is 20.3 Å².